The Labute approximate surface area is 210 Å². The highest BCUT2D eigenvalue weighted by Gasteiger charge is 2.19. The molecule has 192 valence electrons. The summed E-state index contributed by atoms with van der Waals surface area (Å²) in [6.07, 6.45) is 3.63. The zero-order valence-corrected chi connectivity index (χ0v) is 20.1. The molecule has 9 nitrogen and oxygen atoms in total. The fourth-order valence-electron chi connectivity index (χ4n) is 3.49. The Balaban J connectivity index is 1.65. The number of rotatable bonds is 9. The molecule has 0 fully saturated rings. The molecular formula is C26H23F2N3O6. The summed E-state index contributed by atoms with van der Waals surface area (Å²) in [6.45, 7) is 1.44. The molecule has 4 rings (SSSR count). The van der Waals surface area contributed by atoms with E-state index in [1.807, 2.05) is 0 Å². The molecule has 4 aromatic rings. The lowest BCUT2D eigenvalue weighted by atomic mass is 10.1. The summed E-state index contributed by atoms with van der Waals surface area (Å²) in [5.74, 6) is -2.43. The number of benzene rings is 2. The van der Waals surface area contributed by atoms with Gasteiger partial charge in [0.15, 0.2) is 28.9 Å². The number of nitrogens with zero attached hydrogens (tertiary/aromatic N) is 2. The lowest BCUT2D eigenvalue weighted by molar-refractivity contribution is 0.102. The maximum absolute atomic E-state index is 15.0. The quantitative estimate of drug-likeness (QED) is 0.332. The number of hydrogen-bond acceptors (Lipinski definition) is 8. The molecule has 1 atom stereocenters. The summed E-state index contributed by atoms with van der Waals surface area (Å²) >= 11 is 0. The Morgan fingerprint density at radius 1 is 1.00 bits per heavy atom. The van der Waals surface area contributed by atoms with Crippen LogP contribution in [0.3, 0.4) is 0 Å². The number of halogens is 2. The second-order valence-electron chi connectivity index (χ2n) is 7.84. The standard InChI is InChI=1S/C26H23F2N3O6/c1-14(13-32)36-23-10-17-20(11-22(23)34-2)30-7-5-21(17)37-25-18(27)8-15(9-19(25)28)31-26(33)16-4-6-29-12-24(16)35-3/h4-12,14,32H,13H2,1-3H3,(H,31,33). The minimum atomic E-state index is -1.04. The molecule has 0 aliphatic rings. The molecule has 2 aromatic heterocycles. The van der Waals surface area contributed by atoms with Crippen LogP contribution < -0.4 is 24.3 Å². The van der Waals surface area contributed by atoms with Crippen molar-refractivity contribution in [3.05, 3.63) is 72.2 Å². The van der Waals surface area contributed by atoms with E-state index < -0.39 is 29.4 Å². The van der Waals surface area contributed by atoms with Crippen LogP contribution in [0, 0.1) is 11.6 Å². The second-order valence-corrected chi connectivity index (χ2v) is 7.84. The van der Waals surface area contributed by atoms with Crippen molar-refractivity contribution in [2.45, 2.75) is 13.0 Å². The van der Waals surface area contributed by atoms with Crippen LogP contribution in [0.25, 0.3) is 10.9 Å². The van der Waals surface area contributed by atoms with Crippen LogP contribution in [0.1, 0.15) is 17.3 Å². The van der Waals surface area contributed by atoms with E-state index in [1.165, 1.54) is 44.9 Å². The zero-order chi connectivity index (χ0) is 26.5. The van der Waals surface area contributed by atoms with Gasteiger partial charge in [-0.1, -0.05) is 0 Å². The lowest BCUT2D eigenvalue weighted by Crippen LogP contribution is -2.16. The smallest absolute Gasteiger partial charge is 0.259 e. The van der Waals surface area contributed by atoms with Crippen LogP contribution in [-0.2, 0) is 0 Å². The number of carbonyl (C=O) groups is 1. The number of anilines is 1. The molecular weight excluding hydrogens is 488 g/mol. The predicted octanol–water partition coefficient (Wildman–Crippen LogP) is 4.73. The minimum Gasteiger partial charge on any atom is -0.494 e. The van der Waals surface area contributed by atoms with Gasteiger partial charge < -0.3 is 29.4 Å². The van der Waals surface area contributed by atoms with Crippen LogP contribution in [0.4, 0.5) is 14.5 Å². The highest BCUT2D eigenvalue weighted by Crippen LogP contribution is 2.39. The van der Waals surface area contributed by atoms with E-state index in [1.54, 1.807) is 19.1 Å². The van der Waals surface area contributed by atoms with Crippen LogP contribution in [-0.4, -0.2) is 47.9 Å². The molecule has 0 spiro atoms. The molecule has 0 bridgehead atoms. The molecule has 37 heavy (non-hydrogen) atoms. The van der Waals surface area contributed by atoms with Gasteiger partial charge in [0.2, 0.25) is 0 Å². The zero-order valence-electron chi connectivity index (χ0n) is 20.1. The molecule has 0 aliphatic heterocycles. The van der Waals surface area contributed by atoms with E-state index in [4.69, 9.17) is 18.9 Å². The van der Waals surface area contributed by atoms with Gasteiger partial charge in [-0.25, -0.2) is 8.78 Å². The fraction of sp³-hybridized carbons (Fsp3) is 0.192. The van der Waals surface area contributed by atoms with Crippen molar-refractivity contribution in [2.24, 2.45) is 0 Å². The third-order valence-electron chi connectivity index (χ3n) is 5.29. The van der Waals surface area contributed by atoms with Gasteiger partial charge in [-0.2, -0.15) is 0 Å². The Hall–Kier alpha value is -4.51. The first-order chi connectivity index (χ1) is 17.8. The number of pyridine rings is 2. The van der Waals surface area contributed by atoms with Gasteiger partial charge in [0.05, 0.1) is 38.1 Å². The van der Waals surface area contributed by atoms with Gasteiger partial charge in [0, 0.05) is 41.7 Å². The maximum atomic E-state index is 15.0. The monoisotopic (exact) mass is 511 g/mol. The van der Waals surface area contributed by atoms with Crippen molar-refractivity contribution in [1.29, 1.82) is 0 Å². The number of amides is 1. The highest BCUT2D eigenvalue weighted by molar-refractivity contribution is 6.06. The molecule has 0 saturated heterocycles. The summed E-state index contributed by atoms with van der Waals surface area (Å²) in [5.41, 5.74) is 0.449. The first-order valence-corrected chi connectivity index (χ1v) is 11.0. The molecule has 0 saturated carbocycles. The molecule has 1 unspecified atom stereocenters. The summed E-state index contributed by atoms with van der Waals surface area (Å²) < 4.78 is 51.7. The van der Waals surface area contributed by atoms with Gasteiger partial charge in [-0.05, 0) is 25.1 Å². The largest absolute Gasteiger partial charge is 0.494 e. The summed E-state index contributed by atoms with van der Waals surface area (Å²) in [7, 11) is 2.83. The Morgan fingerprint density at radius 3 is 2.41 bits per heavy atom. The van der Waals surface area contributed by atoms with Gasteiger partial charge in [-0.3, -0.25) is 14.8 Å². The van der Waals surface area contributed by atoms with Gasteiger partial charge in [-0.15, -0.1) is 0 Å². The van der Waals surface area contributed by atoms with Gasteiger partial charge in [0.25, 0.3) is 5.91 Å². The average Bonchev–Trinajstić information content (AvgIpc) is 2.90. The fourth-order valence-corrected chi connectivity index (χ4v) is 3.49. The van der Waals surface area contributed by atoms with Crippen molar-refractivity contribution in [3.63, 3.8) is 0 Å². The maximum Gasteiger partial charge on any atom is 0.259 e. The SMILES string of the molecule is COc1cc2nccc(Oc3c(F)cc(NC(=O)c4ccncc4OC)cc3F)c2cc1OC(C)CO. The van der Waals surface area contributed by atoms with Crippen molar-refractivity contribution >= 4 is 22.5 Å². The number of carbonyl (C=O) groups excluding carboxylic acids is 1. The Morgan fingerprint density at radius 2 is 1.73 bits per heavy atom. The minimum absolute atomic E-state index is 0.102. The summed E-state index contributed by atoms with van der Waals surface area (Å²) in [4.78, 5) is 20.7. The summed E-state index contributed by atoms with van der Waals surface area (Å²) in [5, 5.41) is 12.2. The molecule has 2 heterocycles. The van der Waals surface area contributed by atoms with E-state index in [2.05, 4.69) is 15.3 Å². The number of fused-ring (bicyclic) bond motifs is 1. The molecule has 2 aromatic carbocycles. The first kappa shape index (κ1) is 25.6. The second kappa shape index (κ2) is 11.0. The van der Waals surface area contributed by atoms with Crippen molar-refractivity contribution < 1.29 is 37.6 Å². The summed E-state index contributed by atoms with van der Waals surface area (Å²) in [6, 6.07) is 7.87. The molecule has 11 heteroatoms. The van der Waals surface area contributed by atoms with Crippen LogP contribution >= 0.6 is 0 Å². The van der Waals surface area contributed by atoms with E-state index in [0.29, 0.717) is 22.4 Å². The third-order valence-corrected chi connectivity index (χ3v) is 5.29. The van der Waals surface area contributed by atoms with E-state index >= 15 is 0 Å². The number of methoxy groups -OCH3 is 2. The molecule has 2 N–H and O–H groups in total. The predicted molar refractivity (Wildman–Crippen MR) is 131 cm³/mol. The normalized spacial score (nSPS) is 11.6. The van der Waals surface area contributed by atoms with Crippen LogP contribution in [0.15, 0.2) is 55.0 Å². The van der Waals surface area contributed by atoms with Crippen LogP contribution in [0.2, 0.25) is 0 Å². The third kappa shape index (κ3) is 5.51. The number of ether oxygens (including phenoxy) is 4. The van der Waals surface area contributed by atoms with Crippen LogP contribution in [0.5, 0.6) is 28.7 Å². The Kier molecular flexibility index (Phi) is 7.63. The van der Waals surface area contributed by atoms with Gasteiger partial charge >= 0.3 is 0 Å². The topological polar surface area (TPSA) is 112 Å². The van der Waals surface area contributed by atoms with E-state index in [9.17, 15) is 18.7 Å². The molecule has 1 amide bonds. The van der Waals surface area contributed by atoms with E-state index in [0.717, 1.165) is 12.1 Å². The number of aromatic nitrogens is 2. The number of nitrogens with one attached hydrogen (secondary N) is 1. The Bertz CT molecular complexity index is 1430. The highest BCUT2D eigenvalue weighted by atomic mass is 19.1. The number of aliphatic hydroxyl groups is 1. The van der Waals surface area contributed by atoms with Gasteiger partial charge in [0.1, 0.15) is 17.6 Å². The molecule has 0 aliphatic carbocycles. The molecule has 0 radical (unpaired) electrons. The number of aliphatic hydroxyl groups excluding tert-OH is 1. The number of hydrogen-bond donors (Lipinski definition) is 2. The van der Waals surface area contributed by atoms with E-state index in [-0.39, 0.29) is 29.4 Å². The average molecular weight is 511 g/mol. The van der Waals surface area contributed by atoms with Crippen molar-refractivity contribution in [2.75, 3.05) is 26.1 Å². The van der Waals surface area contributed by atoms with Crippen molar-refractivity contribution in [3.8, 4) is 28.7 Å². The lowest BCUT2D eigenvalue weighted by Gasteiger charge is -2.17. The first-order valence-electron chi connectivity index (χ1n) is 11.0. The van der Waals surface area contributed by atoms with Crippen molar-refractivity contribution in [1.82, 2.24) is 9.97 Å².